The first-order chi connectivity index (χ1) is 11.4. The second-order valence-corrected chi connectivity index (χ2v) is 6.76. The van der Waals surface area contributed by atoms with Gasteiger partial charge in [0, 0.05) is 50.9 Å². The molecule has 5 nitrogen and oxygen atoms in total. The van der Waals surface area contributed by atoms with Crippen molar-refractivity contribution >= 4 is 0 Å². The first-order valence-corrected chi connectivity index (χ1v) is 8.95. The third-order valence-corrected chi connectivity index (χ3v) is 5.19. The third kappa shape index (κ3) is 3.47. The van der Waals surface area contributed by atoms with Gasteiger partial charge in [-0.25, -0.2) is 0 Å². The fraction of sp³-hybridized carbons (Fsp3) is 0.667. The summed E-state index contributed by atoms with van der Waals surface area (Å²) in [7, 11) is 0. The molecule has 0 saturated carbocycles. The van der Waals surface area contributed by atoms with Gasteiger partial charge >= 0.3 is 0 Å². The van der Waals surface area contributed by atoms with Crippen LogP contribution >= 0.6 is 0 Å². The van der Waals surface area contributed by atoms with Crippen molar-refractivity contribution in [1.82, 2.24) is 15.1 Å². The number of para-hydroxylation sites is 1. The van der Waals surface area contributed by atoms with E-state index < -0.39 is 0 Å². The van der Waals surface area contributed by atoms with Gasteiger partial charge in [-0.3, -0.25) is 9.80 Å². The van der Waals surface area contributed by atoms with Crippen LogP contribution in [0.4, 0.5) is 0 Å². The first-order valence-electron chi connectivity index (χ1n) is 8.95. The minimum atomic E-state index is 0.658. The van der Waals surface area contributed by atoms with E-state index in [9.17, 15) is 0 Å². The van der Waals surface area contributed by atoms with Gasteiger partial charge in [-0.2, -0.15) is 0 Å². The standard InChI is InChI=1S/C18H27N3O2/c1-3-15(18-17(5-1)22-11-12-23-18)13-20-8-2-4-16(14-20)21-9-6-19-7-10-21/h1,3,5,16,19H,2,4,6-14H2/t16-/m1/s1. The van der Waals surface area contributed by atoms with E-state index in [1.54, 1.807) is 0 Å². The molecule has 0 aliphatic carbocycles. The number of piperazine rings is 1. The van der Waals surface area contributed by atoms with Gasteiger partial charge in [-0.05, 0) is 25.5 Å². The van der Waals surface area contributed by atoms with Gasteiger partial charge in [0.1, 0.15) is 13.2 Å². The number of hydrogen-bond donors (Lipinski definition) is 1. The summed E-state index contributed by atoms with van der Waals surface area (Å²) in [6, 6.07) is 6.99. The molecule has 2 fully saturated rings. The average molecular weight is 317 g/mol. The van der Waals surface area contributed by atoms with Gasteiger partial charge in [-0.15, -0.1) is 0 Å². The van der Waals surface area contributed by atoms with E-state index in [2.05, 4.69) is 27.2 Å². The second kappa shape index (κ2) is 7.07. The molecule has 1 aromatic carbocycles. The SMILES string of the molecule is c1cc(CN2CCC[C@@H](N3CCNCC3)C2)c2c(c1)OCCO2. The summed E-state index contributed by atoms with van der Waals surface area (Å²) in [5.41, 5.74) is 1.27. The summed E-state index contributed by atoms with van der Waals surface area (Å²) in [6.45, 7) is 9.29. The van der Waals surface area contributed by atoms with Crippen molar-refractivity contribution in [3.8, 4) is 11.5 Å². The van der Waals surface area contributed by atoms with Gasteiger partial charge in [0.25, 0.3) is 0 Å². The summed E-state index contributed by atoms with van der Waals surface area (Å²) in [6.07, 6.45) is 2.63. The quantitative estimate of drug-likeness (QED) is 0.910. The van der Waals surface area contributed by atoms with Crippen LogP contribution < -0.4 is 14.8 Å². The lowest BCUT2D eigenvalue weighted by atomic mass is 10.0. The smallest absolute Gasteiger partial charge is 0.165 e. The lowest BCUT2D eigenvalue weighted by molar-refractivity contribution is 0.0827. The van der Waals surface area contributed by atoms with Crippen molar-refractivity contribution in [1.29, 1.82) is 0 Å². The maximum Gasteiger partial charge on any atom is 0.165 e. The Morgan fingerprint density at radius 2 is 1.96 bits per heavy atom. The molecule has 23 heavy (non-hydrogen) atoms. The Labute approximate surface area is 138 Å². The topological polar surface area (TPSA) is 37.0 Å². The number of likely N-dealkylation sites (tertiary alicyclic amines) is 1. The zero-order chi connectivity index (χ0) is 15.5. The molecule has 0 radical (unpaired) electrons. The molecule has 3 heterocycles. The fourth-order valence-corrected chi connectivity index (χ4v) is 4.02. The number of benzene rings is 1. The Hall–Kier alpha value is -1.30. The molecule has 3 aliphatic heterocycles. The normalized spacial score (nSPS) is 26.2. The van der Waals surface area contributed by atoms with Crippen LogP contribution in [0.2, 0.25) is 0 Å². The molecular weight excluding hydrogens is 290 g/mol. The molecule has 0 spiro atoms. The van der Waals surface area contributed by atoms with Gasteiger partial charge in [0.05, 0.1) is 0 Å². The Bertz CT molecular complexity index is 531. The number of nitrogens with one attached hydrogen (secondary N) is 1. The van der Waals surface area contributed by atoms with Crippen LogP contribution in [0.15, 0.2) is 18.2 Å². The Morgan fingerprint density at radius 3 is 2.87 bits per heavy atom. The molecule has 2 saturated heterocycles. The number of ether oxygens (including phenoxy) is 2. The van der Waals surface area contributed by atoms with Crippen molar-refractivity contribution < 1.29 is 9.47 Å². The Morgan fingerprint density at radius 1 is 1.09 bits per heavy atom. The van der Waals surface area contributed by atoms with Crippen molar-refractivity contribution in [2.24, 2.45) is 0 Å². The number of rotatable bonds is 3. The molecule has 1 atom stereocenters. The molecule has 0 unspecified atom stereocenters. The summed E-state index contributed by atoms with van der Waals surface area (Å²) in [5, 5.41) is 3.45. The van der Waals surface area contributed by atoms with Crippen LogP contribution in [0, 0.1) is 0 Å². The Kier molecular flexibility index (Phi) is 4.69. The molecular formula is C18H27N3O2. The molecule has 5 heteroatoms. The van der Waals surface area contributed by atoms with Crippen LogP contribution in [-0.4, -0.2) is 68.3 Å². The lowest BCUT2D eigenvalue weighted by Crippen LogP contribution is -2.53. The van der Waals surface area contributed by atoms with Crippen LogP contribution in [0.1, 0.15) is 18.4 Å². The van der Waals surface area contributed by atoms with Crippen molar-refractivity contribution in [2.45, 2.75) is 25.4 Å². The van der Waals surface area contributed by atoms with Crippen LogP contribution in [-0.2, 0) is 6.54 Å². The van der Waals surface area contributed by atoms with Crippen LogP contribution in [0.5, 0.6) is 11.5 Å². The van der Waals surface area contributed by atoms with E-state index in [0.29, 0.717) is 19.3 Å². The van der Waals surface area contributed by atoms with Gasteiger partial charge in [0.2, 0.25) is 0 Å². The van der Waals surface area contributed by atoms with Gasteiger partial charge in [0.15, 0.2) is 11.5 Å². The minimum absolute atomic E-state index is 0.658. The van der Waals surface area contributed by atoms with E-state index in [0.717, 1.165) is 31.1 Å². The van der Waals surface area contributed by atoms with Crippen LogP contribution in [0.25, 0.3) is 0 Å². The highest BCUT2D eigenvalue weighted by atomic mass is 16.6. The molecule has 0 amide bonds. The Balaban J connectivity index is 1.42. The predicted molar refractivity (Wildman–Crippen MR) is 90.2 cm³/mol. The molecule has 1 aromatic rings. The molecule has 126 valence electrons. The minimum Gasteiger partial charge on any atom is -0.486 e. The maximum atomic E-state index is 5.87. The highest BCUT2D eigenvalue weighted by molar-refractivity contribution is 5.47. The molecule has 4 rings (SSSR count). The maximum absolute atomic E-state index is 5.87. The van der Waals surface area contributed by atoms with E-state index in [1.165, 1.54) is 44.6 Å². The molecule has 1 N–H and O–H groups in total. The summed E-state index contributed by atoms with van der Waals surface area (Å²) < 4.78 is 11.6. The molecule has 0 aromatic heterocycles. The van der Waals surface area contributed by atoms with E-state index in [-0.39, 0.29) is 0 Å². The lowest BCUT2D eigenvalue weighted by Gasteiger charge is -2.41. The number of hydrogen-bond acceptors (Lipinski definition) is 5. The fourth-order valence-electron chi connectivity index (χ4n) is 4.02. The monoisotopic (exact) mass is 317 g/mol. The van der Waals surface area contributed by atoms with Crippen LogP contribution in [0.3, 0.4) is 0 Å². The summed E-state index contributed by atoms with van der Waals surface area (Å²) in [4.78, 5) is 5.26. The first kappa shape index (κ1) is 15.2. The number of fused-ring (bicyclic) bond motifs is 1. The van der Waals surface area contributed by atoms with Crippen molar-refractivity contribution in [3.05, 3.63) is 23.8 Å². The van der Waals surface area contributed by atoms with Crippen molar-refractivity contribution in [3.63, 3.8) is 0 Å². The average Bonchev–Trinajstić information content (AvgIpc) is 2.63. The van der Waals surface area contributed by atoms with Crippen molar-refractivity contribution in [2.75, 3.05) is 52.5 Å². The molecule has 0 bridgehead atoms. The molecule has 3 aliphatic rings. The number of piperidine rings is 1. The van der Waals surface area contributed by atoms with E-state index >= 15 is 0 Å². The summed E-state index contributed by atoms with van der Waals surface area (Å²) in [5.74, 6) is 1.87. The van der Waals surface area contributed by atoms with Gasteiger partial charge in [-0.1, -0.05) is 12.1 Å². The number of nitrogens with zero attached hydrogens (tertiary/aromatic N) is 2. The largest absolute Gasteiger partial charge is 0.486 e. The zero-order valence-corrected chi connectivity index (χ0v) is 13.8. The highest BCUT2D eigenvalue weighted by Gasteiger charge is 2.27. The van der Waals surface area contributed by atoms with E-state index in [4.69, 9.17) is 9.47 Å². The van der Waals surface area contributed by atoms with E-state index in [1.807, 2.05) is 6.07 Å². The van der Waals surface area contributed by atoms with Gasteiger partial charge < -0.3 is 14.8 Å². The summed E-state index contributed by atoms with van der Waals surface area (Å²) >= 11 is 0. The predicted octanol–water partition coefficient (Wildman–Crippen LogP) is 1.33. The third-order valence-electron chi connectivity index (χ3n) is 5.19. The second-order valence-electron chi connectivity index (χ2n) is 6.76. The highest BCUT2D eigenvalue weighted by Crippen LogP contribution is 2.34. The zero-order valence-electron chi connectivity index (χ0n) is 13.8.